The molecule has 1 saturated heterocycles. The monoisotopic (exact) mass is 421 g/mol. The zero-order valence-electron chi connectivity index (χ0n) is 17.6. The van der Waals surface area contributed by atoms with Gasteiger partial charge in [-0.25, -0.2) is 0 Å². The Bertz CT molecular complexity index is 832. The summed E-state index contributed by atoms with van der Waals surface area (Å²) in [5, 5.41) is 2.97. The van der Waals surface area contributed by atoms with Gasteiger partial charge in [0.05, 0.1) is 0 Å². The number of hydrogen-bond donors (Lipinski definition) is 0. The maximum atomic E-state index is 6.35. The Labute approximate surface area is 179 Å². The third-order valence-electron chi connectivity index (χ3n) is 5.74. The van der Waals surface area contributed by atoms with Crippen molar-refractivity contribution in [3.05, 3.63) is 39.5 Å². The lowest BCUT2D eigenvalue weighted by Crippen LogP contribution is -2.46. The van der Waals surface area contributed by atoms with E-state index in [1.807, 2.05) is 19.9 Å². The molecule has 5 heteroatoms. The molecule has 0 amide bonds. The number of likely N-dealkylation sites (N-methyl/N-ethyl adjacent to an activating group) is 1. The topological polar surface area (TPSA) is 11.4 Å². The number of aromatic nitrogens is 1. The van der Waals surface area contributed by atoms with Crippen LogP contribution in [0.2, 0.25) is 5.02 Å². The lowest BCUT2D eigenvalue weighted by Gasteiger charge is -2.34. The molecule has 0 radical (unpaired) electrons. The van der Waals surface area contributed by atoms with E-state index in [-0.39, 0.29) is 0 Å². The van der Waals surface area contributed by atoms with Crippen molar-refractivity contribution in [2.45, 2.75) is 40.2 Å². The van der Waals surface area contributed by atoms with E-state index in [4.69, 9.17) is 23.2 Å². The molecule has 1 aliphatic carbocycles. The van der Waals surface area contributed by atoms with Crippen molar-refractivity contribution in [2.24, 2.45) is 5.92 Å². The van der Waals surface area contributed by atoms with E-state index in [1.54, 1.807) is 0 Å². The average molecular weight is 422 g/mol. The molecule has 0 N–H and O–H groups in total. The summed E-state index contributed by atoms with van der Waals surface area (Å²) in [6.45, 7) is 13.3. The van der Waals surface area contributed by atoms with Gasteiger partial charge in [0.1, 0.15) is 0 Å². The highest BCUT2D eigenvalue weighted by Crippen LogP contribution is 2.36. The van der Waals surface area contributed by atoms with Crippen LogP contribution in [-0.4, -0.2) is 54.1 Å². The summed E-state index contributed by atoms with van der Waals surface area (Å²) in [6.07, 6.45) is 4.09. The number of nitrogens with zero attached hydrogens (tertiary/aromatic N) is 3. The van der Waals surface area contributed by atoms with Crippen molar-refractivity contribution in [1.29, 1.82) is 0 Å². The fourth-order valence-corrected chi connectivity index (χ4v) is 4.73. The minimum absolute atomic E-state index is 0.607. The molecule has 1 unspecified atom stereocenters. The highest BCUT2D eigenvalue weighted by atomic mass is 35.5. The van der Waals surface area contributed by atoms with Crippen LogP contribution in [0.5, 0.6) is 0 Å². The maximum Gasteiger partial charge on any atom is 0.0489 e. The van der Waals surface area contributed by atoms with Crippen LogP contribution in [0.3, 0.4) is 0 Å². The van der Waals surface area contributed by atoms with E-state index in [2.05, 4.69) is 46.5 Å². The minimum Gasteiger partial charge on any atom is -0.344 e. The Morgan fingerprint density at radius 1 is 1.00 bits per heavy atom. The zero-order chi connectivity index (χ0) is 20.3. The molecule has 2 heterocycles. The van der Waals surface area contributed by atoms with Gasteiger partial charge >= 0.3 is 0 Å². The molecule has 1 atom stereocenters. The molecule has 154 valence electrons. The first-order valence-corrected chi connectivity index (χ1v) is 11.3. The Balaban J connectivity index is 0.00000109. The van der Waals surface area contributed by atoms with Crippen molar-refractivity contribution < 1.29 is 0 Å². The predicted molar refractivity (Wildman–Crippen MR) is 124 cm³/mol. The summed E-state index contributed by atoms with van der Waals surface area (Å²) in [4.78, 5) is 5.02. The van der Waals surface area contributed by atoms with Gasteiger partial charge in [0.15, 0.2) is 0 Å². The van der Waals surface area contributed by atoms with Crippen LogP contribution < -0.4 is 0 Å². The smallest absolute Gasteiger partial charge is 0.0489 e. The molecule has 28 heavy (non-hydrogen) atoms. The van der Waals surface area contributed by atoms with Crippen LogP contribution in [0.15, 0.2) is 23.2 Å². The third-order valence-corrected chi connectivity index (χ3v) is 6.27. The molecule has 2 aromatic rings. The number of hydrogen-bond acceptors (Lipinski definition) is 2. The van der Waals surface area contributed by atoms with Gasteiger partial charge in [-0.3, -0.25) is 0 Å². The Morgan fingerprint density at radius 2 is 1.71 bits per heavy atom. The SMILES string of the molecule is CC.CC(CN1CCN(C)CC1)Cn1c2c(c3cc(Cl)ccc31)C=C(Cl)CC2. The van der Waals surface area contributed by atoms with Crippen LogP contribution in [0, 0.1) is 5.92 Å². The summed E-state index contributed by atoms with van der Waals surface area (Å²) in [5.41, 5.74) is 3.97. The molecule has 1 aromatic carbocycles. The molecule has 1 fully saturated rings. The highest BCUT2D eigenvalue weighted by molar-refractivity contribution is 6.32. The first-order chi connectivity index (χ1) is 13.5. The van der Waals surface area contributed by atoms with Crippen LogP contribution in [-0.2, 0) is 13.0 Å². The third kappa shape index (κ3) is 4.76. The molecule has 1 aromatic heterocycles. The normalized spacial score (nSPS) is 19.0. The zero-order valence-corrected chi connectivity index (χ0v) is 19.2. The lowest BCUT2D eigenvalue weighted by molar-refractivity contribution is 0.135. The van der Waals surface area contributed by atoms with Gasteiger partial charge in [-0.2, -0.15) is 0 Å². The predicted octanol–water partition coefficient (Wildman–Crippen LogP) is 5.73. The highest BCUT2D eigenvalue weighted by Gasteiger charge is 2.22. The molecule has 3 nitrogen and oxygen atoms in total. The van der Waals surface area contributed by atoms with Gasteiger partial charge in [0.25, 0.3) is 0 Å². The number of fused-ring (bicyclic) bond motifs is 3. The van der Waals surface area contributed by atoms with Gasteiger partial charge in [-0.15, -0.1) is 0 Å². The summed E-state index contributed by atoms with van der Waals surface area (Å²) in [6, 6.07) is 6.26. The molecule has 0 saturated carbocycles. The number of benzene rings is 1. The molecule has 1 aliphatic heterocycles. The lowest BCUT2D eigenvalue weighted by atomic mass is 10.0. The van der Waals surface area contributed by atoms with Crippen LogP contribution >= 0.6 is 23.2 Å². The Kier molecular flexibility index (Phi) is 7.49. The number of allylic oxidation sites excluding steroid dienone is 1. The van der Waals surface area contributed by atoms with Crippen molar-refractivity contribution in [1.82, 2.24) is 14.4 Å². The summed E-state index contributed by atoms with van der Waals surface area (Å²) in [7, 11) is 2.21. The van der Waals surface area contributed by atoms with E-state index < -0.39 is 0 Å². The minimum atomic E-state index is 0.607. The van der Waals surface area contributed by atoms with Gasteiger partial charge < -0.3 is 14.4 Å². The summed E-state index contributed by atoms with van der Waals surface area (Å²) >= 11 is 12.6. The van der Waals surface area contributed by atoms with E-state index >= 15 is 0 Å². The first-order valence-electron chi connectivity index (χ1n) is 10.6. The second-order valence-corrected chi connectivity index (χ2v) is 8.85. The number of piperazine rings is 1. The van der Waals surface area contributed by atoms with Gasteiger partial charge in [0, 0.05) is 71.5 Å². The van der Waals surface area contributed by atoms with E-state index in [9.17, 15) is 0 Å². The van der Waals surface area contributed by atoms with E-state index in [1.165, 1.54) is 48.3 Å². The van der Waals surface area contributed by atoms with Gasteiger partial charge in [-0.05, 0) is 50.1 Å². The number of rotatable bonds is 4. The molecular weight excluding hydrogens is 389 g/mol. The molecule has 2 aliphatic rings. The standard InChI is InChI=1S/C21H27Cl2N3.C2H6/c1-15(13-25-9-7-24(2)8-10-25)14-26-20-5-3-16(22)11-18(20)19-12-17(23)4-6-21(19)26;1-2/h3,5,11-12,15H,4,6-10,13-14H2,1-2H3;1-2H3. The molecule has 0 bridgehead atoms. The van der Waals surface area contributed by atoms with Crippen molar-refractivity contribution >= 4 is 40.2 Å². The maximum absolute atomic E-state index is 6.35. The van der Waals surface area contributed by atoms with E-state index in [0.717, 1.165) is 36.0 Å². The summed E-state index contributed by atoms with van der Waals surface area (Å²) < 4.78 is 2.52. The summed E-state index contributed by atoms with van der Waals surface area (Å²) in [5.74, 6) is 0.607. The van der Waals surface area contributed by atoms with Crippen LogP contribution in [0.4, 0.5) is 0 Å². The van der Waals surface area contributed by atoms with Crippen LogP contribution in [0.25, 0.3) is 17.0 Å². The molecule has 4 rings (SSSR count). The van der Waals surface area contributed by atoms with Crippen LogP contribution in [0.1, 0.15) is 38.4 Å². The second kappa shape index (κ2) is 9.67. The Hall–Kier alpha value is -1.00. The van der Waals surface area contributed by atoms with E-state index in [0.29, 0.717) is 5.92 Å². The van der Waals surface area contributed by atoms with Gasteiger partial charge in [-0.1, -0.05) is 44.0 Å². The fourth-order valence-electron chi connectivity index (χ4n) is 4.35. The van der Waals surface area contributed by atoms with Crippen molar-refractivity contribution in [3.63, 3.8) is 0 Å². The largest absolute Gasteiger partial charge is 0.344 e. The van der Waals surface area contributed by atoms with Crippen molar-refractivity contribution in [2.75, 3.05) is 39.8 Å². The second-order valence-electron chi connectivity index (χ2n) is 7.93. The molecule has 0 spiro atoms. The fraction of sp³-hybridized carbons (Fsp3) is 0.565. The number of halogens is 2. The molecular formula is C23H33Cl2N3. The Morgan fingerprint density at radius 3 is 2.43 bits per heavy atom. The average Bonchev–Trinajstić information content (AvgIpc) is 2.97. The van der Waals surface area contributed by atoms with Crippen molar-refractivity contribution in [3.8, 4) is 0 Å². The quantitative estimate of drug-likeness (QED) is 0.623. The first kappa shape index (κ1) is 21.7. The van der Waals surface area contributed by atoms with Gasteiger partial charge in [0.2, 0.25) is 0 Å².